The maximum atomic E-state index is 6.16. The van der Waals surface area contributed by atoms with Crippen molar-refractivity contribution in [1.82, 2.24) is 0 Å². The molecule has 0 saturated heterocycles. The molecule has 1 heteroatoms. The fraction of sp³-hybridized carbons (Fsp3) is 0.333. The van der Waals surface area contributed by atoms with Crippen molar-refractivity contribution in [2.24, 2.45) is 5.41 Å². The molecule has 0 aliphatic heterocycles. The summed E-state index contributed by atoms with van der Waals surface area (Å²) in [5.41, 5.74) is 4.86. The van der Waals surface area contributed by atoms with Gasteiger partial charge in [-0.3, -0.25) is 0 Å². The van der Waals surface area contributed by atoms with E-state index in [-0.39, 0.29) is 5.41 Å². The van der Waals surface area contributed by atoms with E-state index in [0.29, 0.717) is 0 Å². The average Bonchev–Trinajstić information content (AvgIpc) is 2.69. The molecule has 0 radical (unpaired) electrons. The molecule has 2 aromatic carbocycles. The second-order valence-corrected chi connectivity index (χ2v) is 6.58. The third kappa shape index (κ3) is 2.14. The zero-order valence-corrected chi connectivity index (χ0v) is 12.1. The summed E-state index contributed by atoms with van der Waals surface area (Å²) in [7, 11) is 0. The Morgan fingerprint density at radius 3 is 2.21 bits per heavy atom. The van der Waals surface area contributed by atoms with E-state index >= 15 is 0 Å². The number of aryl methyl sites for hydroxylation is 1. The van der Waals surface area contributed by atoms with Gasteiger partial charge in [-0.15, -0.1) is 0 Å². The fourth-order valence-corrected chi connectivity index (χ4v) is 2.73. The zero-order valence-electron chi connectivity index (χ0n) is 12.1. The van der Waals surface area contributed by atoms with Crippen molar-refractivity contribution in [3.63, 3.8) is 0 Å². The summed E-state index contributed by atoms with van der Waals surface area (Å²) in [6.45, 7) is 8.90. The maximum Gasteiger partial charge on any atom is 0.138 e. The van der Waals surface area contributed by atoms with Crippen molar-refractivity contribution in [1.29, 1.82) is 0 Å². The van der Waals surface area contributed by atoms with E-state index in [1.165, 1.54) is 21.9 Å². The zero-order chi connectivity index (χ0) is 13.6. The second kappa shape index (κ2) is 4.12. The molecule has 0 unspecified atom stereocenters. The number of para-hydroxylation sites is 2. The molecular weight excluding hydrogens is 232 g/mol. The lowest BCUT2D eigenvalue weighted by molar-refractivity contribution is 0.410. The lowest BCUT2D eigenvalue weighted by Gasteiger charge is -2.17. The van der Waals surface area contributed by atoms with Gasteiger partial charge in [0.1, 0.15) is 11.2 Å². The topological polar surface area (TPSA) is 13.1 Å². The largest absolute Gasteiger partial charge is 0.455 e. The molecule has 0 fully saturated rings. The minimum Gasteiger partial charge on any atom is -0.455 e. The number of benzene rings is 2. The van der Waals surface area contributed by atoms with Gasteiger partial charge in [0.25, 0.3) is 0 Å². The van der Waals surface area contributed by atoms with Crippen LogP contribution in [0.15, 0.2) is 40.8 Å². The molecule has 0 aliphatic carbocycles. The van der Waals surface area contributed by atoms with E-state index in [4.69, 9.17) is 4.42 Å². The highest BCUT2D eigenvalue weighted by Gasteiger charge is 2.17. The van der Waals surface area contributed by atoms with Crippen LogP contribution in [-0.4, -0.2) is 0 Å². The number of fused-ring (bicyclic) bond motifs is 3. The number of furan rings is 1. The average molecular weight is 252 g/mol. The molecule has 0 bridgehead atoms. The Labute approximate surface area is 114 Å². The Bertz CT molecular complexity index is 741. The Morgan fingerprint density at radius 2 is 1.53 bits per heavy atom. The van der Waals surface area contributed by atoms with E-state index < -0.39 is 0 Å². The molecule has 0 N–H and O–H groups in total. The van der Waals surface area contributed by atoms with Crippen molar-refractivity contribution in [2.75, 3.05) is 0 Å². The highest BCUT2D eigenvalue weighted by atomic mass is 16.3. The molecule has 3 rings (SSSR count). The summed E-state index contributed by atoms with van der Waals surface area (Å²) < 4.78 is 6.16. The standard InChI is InChI=1S/C18H20O/c1-12-7-5-9-14-15-10-6-8-13(11-18(2,3)4)17(15)19-16(12)14/h5-10H,11H2,1-4H3. The third-order valence-corrected chi connectivity index (χ3v) is 3.52. The van der Waals surface area contributed by atoms with Crippen LogP contribution in [0, 0.1) is 12.3 Å². The van der Waals surface area contributed by atoms with Gasteiger partial charge in [-0.2, -0.15) is 0 Å². The summed E-state index contributed by atoms with van der Waals surface area (Å²) in [4.78, 5) is 0. The van der Waals surface area contributed by atoms with Gasteiger partial charge in [-0.05, 0) is 29.9 Å². The normalized spacial score (nSPS) is 12.4. The number of rotatable bonds is 1. The van der Waals surface area contributed by atoms with Crippen molar-refractivity contribution in [3.05, 3.63) is 47.5 Å². The van der Waals surface area contributed by atoms with E-state index in [0.717, 1.165) is 17.6 Å². The van der Waals surface area contributed by atoms with Crippen molar-refractivity contribution in [2.45, 2.75) is 34.1 Å². The van der Waals surface area contributed by atoms with Crippen molar-refractivity contribution < 1.29 is 4.42 Å². The summed E-state index contributed by atoms with van der Waals surface area (Å²) in [5.74, 6) is 0. The van der Waals surface area contributed by atoms with Crippen LogP contribution in [0.3, 0.4) is 0 Å². The number of hydrogen-bond acceptors (Lipinski definition) is 1. The third-order valence-electron chi connectivity index (χ3n) is 3.52. The molecule has 0 spiro atoms. The van der Waals surface area contributed by atoms with Gasteiger partial charge in [-0.25, -0.2) is 0 Å². The van der Waals surface area contributed by atoms with Gasteiger partial charge in [0.15, 0.2) is 0 Å². The molecule has 98 valence electrons. The minimum absolute atomic E-state index is 0.266. The molecule has 0 amide bonds. The Morgan fingerprint density at radius 1 is 0.895 bits per heavy atom. The van der Waals surface area contributed by atoms with Gasteiger partial charge >= 0.3 is 0 Å². The van der Waals surface area contributed by atoms with E-state index in [1.807, 2.05) is 0 Å². The first kappa shape index (κ1) is 12.3. The minimum atomic E-state index is 0.266. The van der Waals surface area contributed by atoms with Crippen molar-refractivity contribution in [3.8, 4) is 0 Å². The van der Waals surface area contributed by atoms with Crippen LogP contribution < -0.4 is 0 Å². The van der Waals surface area contributed by atoms with Gasteiger partial charge in [-0.1, -0.05) is 57.2 Å². The first-order valence-corrected chi connectivity index (χ1v) is 6.85. The second-order valence-electron chi connectivity index (χ2n) is 6.58. The predicted molar refractivity (Wildman–Crippen MR) is 81.6 cm³/mol. The van der Waals surface area contributed by atoms with Gasteiger partial charge in [0, 0.05) is 10.8 Å². The molecule has 1 heterocycles. The summed E-state index contributed by atoms with van der Waals surface area (Å²) in [6, 6.07) is 12.8. The highest BCUT2D eigenvalue weighted by Crippen LogP contribution is 2.34. The molecular formula is C18H20O. The smallest absolute Gasteiger partial charge is 0.138 e. The Balaban J connectivity index is 2.31. The van der Waals surface area contributed by atoms with Crippen LogP contribution in [0.2, 0.25) is 0 Å². The van der Waals surface area contributed by atoms with Crippen LogP contribution in [0.25, 0.3) is 21.9 Å². The van der Waals surface area contributed by atoms with Crippen LogP contribution in [0.4, 0.5) is 0 Å². The molecule has 3 aromatic rings. The monoisotopic (exact) mass is 252 g/mol. The summed E-state index contributed by atoms with van der Waals surface area (Å²) in [6.07, 6.45) is 1.03. The van der Waals surface area contributed by atoms with Crippen LogP contribution in [0.5, 0.6) is 0 Å². The van der Waals surface area contributed by atoms with Crippen LogP contribution >= 0.6 is 0 Å². The maximum absolute atomic E-state index is 6.16. The van der Waals surface area contributed by atoms with Crippen molar-refractivity contribution >= 4 is 21.9 Å². The summed E-state index contributed by atoms with van der Waals surface area (Å²) in [5, 5.41) is 2.46. The first-order chi connectivity index (χ1) is 8.96. The molecule has 0 atom stereocenters. The Kier molecular flexibility index (Phi) is 2.67. The van der Waals surface area contributed by atoms with Gasteiger partial charge in [0.2, 0.25) is 0 Å². The van der Waals surface area contributed by atoms with Crippen LogP contribution in [0.1, 0.15) is 31.9 Å². The van der Waals surface area contributed by atoms with E-state index in [9.17, 15) is 0 Å². The van der Waals surface area contributed by atoms with Crippen LogP contribution in [-0.2, 0) is 6.42 Å². The molecule has 1 nitrogen and oxygen atoms in total. The summed E-state index contributed by atoms with van der Waals surface area (Å²) >= 11 is 0. The quantitative estimate of drug-likeness (QED) is 0.558. The molecule has 1 aromatic heterocycles. The number of hydrogen-bond donors (Lipinski definition) is 0. The highest BCUT2D eigenvalue weighted by molar-refractivity contribution is 6.06. The molecule has 0 aliphatic rings. The molecule has 19 heavy (non-hydrogen) atoms. The van der Waals surface area contributed by atoms with Gasteiger partial charge in [0.05, 0.1) is 0 Å². The fourth-order valence-electron chi connectivity index (χ4n) is 2.73. The van der Waals surface area contributed by atoms with E-state index in [1.54, 1.807) is 0 Å². The van der Waals surface area contributed by atoms with Gasteiger partial charge < -0.3 is 4.42 Å². The predicted octanol–water partition coefficient (Wildman–Crippen LogP) is 5.48. The molecule has 0 saturated carbocycles. The lowest BCUT2D eigenvalue weighted by atomic mass is 9.87. The Hall–Kier alpha value is -1.76. The first-order valence-electron chi connectivity index (χ1n) is 6.85. The lowest BCUT2D eigenvalue weighted by Crippen LogP contribution is -2.09. The SMILES string of the molecule is Cc1cccc2c1oc1c(CC(C)(C)C)cccc12. The van der Waals surface area contributed by atoms with E-state index in [2.05, 4.69) is 64.1 Å².